The molecule has 1 aliphatic heterocycles. The molecule has 2 unspecified atom stereocenters. The van der Waals surface area contributed by atoms with Crippen LogP contribution in [0.1, 0.15) is 25.5 Å². The van der Waals surface area contributed by atoms with Gasteiger partial charge in [0.1, 0.15) is 5.75 Å². The number of ether oxygens (including phenoxy) is 2. The van der Waals surface area contributed by atoms with Gasteiger partial charge in [-0.1, -0.05) is 17.7 Å². The smallest absolute Gasteiger partial charge is 0.137 e. The molecule has 2 atom stereocenters. The Kier molecular flexibility index (Phi) is 5.88. The zero-order valence-corrected chi connectivity index (χ0v) is 14.0. The molecule has 0 radical (unpaired) electrons. The molecule has 0 saturated carbocycles. The Morgan fingerprint density at radius 3 is 2.81 bits per heavy atom. The fourth-order valence-electron chi connectivity index (χ4n) is 2.98. The molecule has 1 aliphatic rings. The zero-order chi connectivity index (χ0) is 15.4. The largest absolute Gasteiger partial charge is 0.495 e. The summed E-state index contributed by atoms with van der Waals surface area (Å²) in [7, 11) is 3.59. The molecule has 2 rings (SSSR count). The van der Waals surface area contributed by atoms with E-state index < -0.39 is 0 Å². The van der Waals surface area contributed by atoms with E-state index in [4.69, 9.17) is 21.1 Å². The van der Waals surface area contributed by atoms with Gasteiger partial charge in [0.15, 0.2) is 0 Å². The van der Waals surface area contributed by atoms with Gasteiger partial charge in [0.2, 0.25) is 0 Å². The maximum absolute atomic E-state index is 6.30. The van der Waals surface area contributed by atoms with E-state index in [2.05, 4.69) is 30.1 Å². The van der Waals surface area contributed by atoms with Crippen molar-refractivity contribution in [2.45, 2.75) is 32.0 Å². The van der Waals surface area contributed by atoms with Crippen molar-refractivity contribution in [3.05, 3.63) is 28.8 Å². The fourth-order valence-corrected chi connectivity index (χ4v) is 3.24. The third-order valence-corrected chi connectivity index (χ3v) is 4.27. The third-order valence-electron chi connectivity index (χ3n) is 3.98. The van der Waals surface area contributed by atoms with Gasteiger partial charge < -0.3 is 14.8 Å². The number of morpholine rings is 1. The van der Waals surface area contributed by atoms with E-state index in [1.54, 1.807) is 7.11 Å². The summed E-state index contributed by atoms with van der Waals surface area (Å²) in [5, 5.41) is 3.87. The van der Waals surface area contributed by atoms with Gasteiger partial charge in [-0.15, -0.1) is 0 Å². The second kappa shape index (κ2) is 7.45. The van der Waals surface area contributed by atoms with Gasteiger partial charge in [0, 0.05) is 19.1 Å². The SMILES string of the molecule is CNCC1OCCN(C(C)C)C1c1ccc(OC)c(Cl)c1. The first-order valence-electron chi connectivity index (χ1n) is 7.43. The molecule has 4 nitrogen and oxygen atoms in total. The van der Waals surface area contributed by atoms with Crippen LogP contribution in [0.3, 0.4) is 0 Å². The van der Waals surface area contributed by atoms with Crippen LogP contribution < -0.4 is 10.1 Å². The first-order valence-corrected chi connectivity index (χ1v) is 7.81. The topological polar surface area (TPSA) is 33.7 Å². The Hall–Kier alpha value is -0.810. The van der Waals surface area contributed by atoms with Gasteiger partial charge in [-0.05, 0) is 38.6 Å². The van der Waals surface area contributed by atoms with Crippen LogP contribution in [0.4, 0.5) is 0 Å². The minimum atomic E-state index is 0.121. The summed E-state index contributed by atoms with van der Waals surface area (Å²) >= 11 is 6.30. The van der Waals surface area contributed by atoms with Crippen LogP contribution in [0.15, 0.2) is 18.2 Å². The van der Waals surface area contributed by atoms with Gasteiger partial charge in [-0.2, -0.15) is 0 Å². The maximum Gasteiger partial charge on any atom is 0.137 e. The Bertz CT molecular complexity index is 466. The van der Waals surface area contributed by atoms with Crippen molar-refractivity contribution in [1.29, 1.82) is 0 Å². The lowest BCUT2D eigenvalue weighted by Gasteiger charge is -2.43. The van der Waals surface area contributed by atoms with Crippen molar-refractivity contribution in [3.63, 3.8) is 0 Å². The number of hydrogen-bond donors (Lipinski definition) is 1. The van der Waals surface area contributed by atoms with Gasteiger partial charge in [-0.25, -0.2) is 0 Å². The molecular weight excluding hydrogens is 288 g/mol. The van der Waals surface area contributed by atoms with E-state index in [0.717, 1.165) is 19.7 Å². The van der Waals surface area contributed by atoms with E-state index in [9.17, 15) is 0 Å². The lowest BCUT2D eigenvalue weighted by molar-refractivity contribution is -0.0815. The van der Waals surface area contributed by atoms with Crippen molar-refractivity contribution in [3.8, 4) is 5.75 Å². The average Bonchev–Trinajstić information content (AvgIpc) is 2.47. The average molecular weight is 313 g/mol. The van der Waals surface area contributed by atoms with Crippen LogP contribution >= 0.6 is 11.6 Å². The van der Waals surface area contributed by atoms with Crippen LogP contribution in [-0.4, -0.2) is 50.9 Å². The monoisotopic (exact) mass is 312 g/mol. The standard InChI is InChI=1S/C16H25ClN2O2/c1-11(2)19-7-8-21-15(10-18-3)16(19)12-5-6-14(20-4)13(17)9-12/h5-6,9,11,15-16,18H,7-8,10H2,1-4H3. The number of halogens is 1. The molecule has 118 valence electrons. The Balaban J connectivity index is 2.34. The van der Waals surface area contributed by atoms with Crippen LogP contribution in [0.2, 0.25) is 5.02 Å². The number of likely N-dealkylation sites (N-methyl/N-ethyl adjacent to an activating group) is 1. The predicted molar refractivity (Wildman–Crippen MR) is 86.3 cm³/mol. The van der Waals surface area contributed by atoms with Crippen LogP contribution in [0.5, 0.6) is 5.75 Å². The van der Waals surface area contributed by atoms with E-state index in [1.807, 2.05) is 19.2 Å². The Morgan fingerprint density at radius 2 is 2.24 bits per heavy atom. The van der Waals surface area contributed by atoms with Crippen molar-refractivity contribution >= 4 is 11.6 Å². The van der Waals surface area contributed by atoms with E-state index in [0.29, 0.717) is 16.8 Å². The van der Waals surface area contributed by atoms with E-state index in [1.165, 1.54) is 5.56 Å². The summed E-state index contributed by atoms with van der Waals surface area (Å²) in [4.78, 5) is 2.48. The van der Waals surface area contributed by atoms with Gasteiger partial charge >= 0.3 is 0 Å². The number of nitrogens with one attached hydrogen (secondary N) is 1. The quantitative estimate of drug-likeness (QED) is 0.906. The van der Waals surface area contributed by atoms with Crippen molar-refractivity contribution in [1.82, 2.24) is 10.2 Å². The number of hydrogen-bond acceptors (Lipinski definition) is 4. The Morgan fingerprint density at radius 1 is 1.48 bits per heavy atom. The highest BCUT2D eigenvalue weighted by Gasteiger charge is 2.34. The number of rotatable bonds is 5. The molecule has 1 aromatic rings. The molecule has 1 fully saturated rings. The summed E-state index contributed by atoms with van der Waals surface area (Å²) in [6.07, 6.45) is 0.121. The lowest BCUT2D eigenvalue weighted by atomic mass is 9.96. The normalized spacial score (nSPS) is 23.5. The Labute approximate surface area is 132 Å². The van der Waals surface area contributed by atoms with Crippen LogP contribution in [-0.2, 0) is 4.74 Å². The van der Waals surface area contributed by atoms with E-state index >= 15 is 0 Å². The number of benzene rings is 1. The molecule has 5 heteroatoms. The van der Waals surface area contributed by atoms with Crippen molar-refractivity contribution < 1.29 is 9.47 Å². The molecule has 0 bridgehead atoms. The summed E-state index contributed by atoms with van der Waals surface area (Å²) in [5.41, 5.74) is 1.18. The first kappa shape index (κ1) is 16.6. The summed E-state index contributed by atoms with van der Waals surface area (Å²) < 4.78 is 11.2. The molecule has 1 saturated heterocycles. The predicted octanol–water partition coefficient (Wildman–Crippen LogP) is 2.72. The number of methoxy groups -OCH3 is 1. The minimum absolute atomic E-state index is 0.121. The summed E-state index contributed by atoms with van der Waals surface area (Å²) in [6, 6.07) is 6.68. The molecule has 21 heavy (non-hydrogen) atoms. The highest BCUT2D eigenvalue weighted by Crippen LogP contribution is 2.35. The summed E-state index contributed by atoms with van der Waals surface area (Å²) in [5.74, 6) is 0.707. The molecule has 0 aliphatic carbocycles. The third kappa shape index (κ3) is 3.69. The van der Waals surface area contributed by atoms with Crippen molar-refractivity contribution in [2.75, 3.05) is 33.9 Å². The second-order valence-electron chi connectivity index (χ2n) is 5.64. The maximum atomic E-state index is 6.30. The van der Waals surface area contributed by atoms with Gasteiger partial charge in [0.05, 0.1) is 30.9 Å². The zero-order valence-electron chi connectivity index (χ0n) is 13.2. The molecule has 0 spiro atoms. The second-order valence-corrected chi connectivity index (χ2v) is 6.04. The molecule has 1 aromatic carbocycles. The van der Waals surface area contributed by atoms with Crippen molar-refractivity contribution in [2.24, 2.45) is 0 Å². The number of nitrogens with zero attached hydrogens (tertiary/aromatic N) is 1. The molecular formula is C16H25ClN2O2. The molecule has 1 N–H and O–H groups in total. The molecule has 0 amide bonds. The van der Waals surface area contributed by atoms with Crippen LogP contribution in [0, 0.1) is 0 Å². The minimum Gasteiger partial charge on any atom is -0.495 e. The fraction of sp³-hybridized carbons (Fsp3) is 0.625. The highest BCUT2D eigenvalue weighted by atomic mass is 35.5. The molecule has 0 aromatic heterocycles. The molecule has 1 heterocycles. The summed E-state index contributed by atoms with van der Waals surface area (Å²) in [6.45, 7) is 6.97. The van der Waals surface area contributed by atoms with Gasteiger partial charge in [-0.3, -0.25) is 4.90 Å². The van der Waals surface area contributed by atoms with Gasteiger partial charge in [0.25, 0.3) is 0 Å². The first-order chi connectivity index (χ1) is 10.1. The lowest BCUT2D eigenvalue weighted by Crippen LogP contribution is -2.51. The highest BCUT2D eigenvalue weighted by molar-refractivity contribution is 6.32. The van der Waals surface area contributed by atoms with Crippen LogP contribution in [0.25, 0.3) is 0 Å². The van der Waals surface area contributed by atoms with E-state index in [-0.39, 0.29) is 12.1 Å².